The van der Waals surface area contributed by atoms with Gasteiger partial charge in [-0.1, -0.05) is 6.07 Å². The number of nitrogens with zero attached hydrogens (tertiary/aromatic N) is 6. The summed E-state index contributed by atoms with van der Waals surface area (Å²) in [6.07, 6.45) is 0. The van der Waals surface area contributed by atoms with Crippen LogP contribution in [-0.2, 0) is 30.4 Å². The van der Waals surface area contributed by atoms with Gasteiger partial charge in [0.15, 0.2) is 5.75 Å². The van der Waals surface area contributed by atoms with Crippen molar-refractivity contribution in [1.29, 1.82) is 0 Å². The van der Waals surface area contributed by atoms with Gasteiger partial charge in [0.05, 0.1) is 44.1 Å². The van der Waals surface area contributed by atoms with Gasteiger partial charge in [0.1, 0.15) is 54.7 Å². The van der Waals surface area contributed by atoms with Crippen molar-refractivity contribution in [3.8, 4) is 23.0 Å². The molecule has 0 aliphatic carbocycles. The molecule has 288 valence electrons. The van der Waals surface area contributed by atoms with E-state index in [9.17, 15) is 44.0 Å². The molecule has 5 rings (SSSR count). The number of phenols is 1. The highest BCUT2D eigenvalue weighted by Gasteiger charge is 2.23. The molecule has 0 fully saturated rings. The minimum atomic E-state index is -5.01. The number of nitrogen functional groups attached to an aromatic ring is 2. The summed E-state index contributed by atoms with van der Waals surface area (Å²) in [5, 5.41) is 35.2. The van der Waals surface area contributed by atoms with E-state index in [1.807, 2.05) is 0 Å². The molecule has 0 heterocycles. The Kier molecular flexibility index (Phi) is 11.0. The maximum Gasteiger partial charge on any atom is 0.298 e. The Labute approximate surface area is 311 Å². The molecule has 0 unspecified atom stereocenters. The molecule has 0 aliphatic rings. The largest absolute Gasteiger partial charge is 0.505 e. The van der Waals surface area contributed by atoms with Crippen LogP contribution in [0.2, 0.25) is 0 Å². The van der Waals surface area contributed by atoms with Gasteiger partial charge in [0.25, 0.3) is 30.4 Å². The molecule has 5 aromatic carbocycles. The van der Waals surface area contributed by atoms with Crippen molar-refractivity contribution in [3.63, 3.8) is 0 Å². The summed E-state index contributed by atoms with van der Waals surface area (Å²) in [4.78, 5) is -2.02. The number of benzene rings is 5. The Morgan fingerprint density at radius 1 is 0.509 bits per heavy atom. The van der Waals surface area contributed by atoms with E-state index in [0.29, 0.717) is 0 Å². The normalized spacial score (nSPS) is 12.6. The second-order valence-corrected chi connectivity index (χ2v) is 15.2. The molecule has 24 heteroatoms. The minimum absolute atomic E-state index is 0.00743. The number of azo groups is 3. The quantitative estimate of drug-likeness (QED) is 0.0432. The van der Waals surface area contributed by atoms with Crippen molar-refractivity contribution in [2.45, 2.75) is 14.7 Å². The molecule has 0 saturated heterocycles. The number of anilines is 2. The summed E-state index contributed by atoms with van der Waals surface area (Å²) >= 11 is 0. The zero-order valence-corrected chi connectivity index (χ0v) is 30.8. The van der Waals surface area contributed by atoms with Crippen LogP contribution in [0.1, 0.15) is 0 Å². The number of phenolic OH excluding ortho intramolecular Hbond substituents is 1. The molecule has 5 aromatic rings. The summed E-state index contributed by atoms with van der Waals surface area (Å²) in [7, 11) is -10.6. The van der Waals surface area contributed by atoms with Crippen LogP contribution in [0.25, 0.3) is 10.8 Å². The first-order valence-electron chi connectivity index (χ1n) is 14.9. The van der Waals surface area contributed by atoms with Gasteiger partial charge in [-0.25, -0.2) is 0 Å². The van der Waals surface area contributed by atoms with E-state index < -0.39 is 56.5 Å². The third-order valence-corrected chi connectivity index (χ3v) is 10.1. The maximum atomic E-state index is 12.4. The first-order chi connectivity index (χ1) is 25.7. The van der Waals surface area contributed by atoms with E-state index in [-0.39, 0.29) is 67.8 Å². The summed E-state index contributed by atoms with van der Waals surface area (Å²) in [6.45, 7) is 0. The lowest BCUT2D eigenvalue weighted by Crippen LogP contribution is -2.04. The minimum Gasteiger partial charge on any atom is -0.505 e. The van der Waals surface area contributed by atoms with Crippen LogP contribution in [0.4, 0.5) is 45.5 Å². The monoisotopic (exact) mass is 816 g/mol. The Morgan fingerprint density at radius 2 is 1.02 bits per heavy atom. The standard InChI is InChI=1S/C31H28N8O13S3/c1-50-24-7-6-17(10-28(24)54(44,45)46)35-37-22-12-26(52-3)23(13-25(22)51-2)38-39-30-29(55(47,48)49)8-15-4-5-16(9-18(15)31(30)40)34-36-21-14-27(53(41,42)43)20(33)11-19(21)32/h4-14,40H,32-33H2,1-3H3,(H,41,42,43)(H,44,45,46)(H,47,48,49). The average molecular weight is 817 g/mol. The van der Waals surface area contributed by atoms with Gasteiger partial charge in [-0.05, 0) is 53.9 Å². The highest BCUT2D eigenvalue weighted by atomic mass is 32.2. The summed E-state index contributed by atoms with van der Waals surface area (Å²) < 4.78 is 116. The number of hydrogen-bond acceptors (Lipinski definition) is 18. The second kappa shape index (κ2) is 15.2. The fourth-order valence-corrected chi connectivity index (χ4v) is 6.83. The van der Waals surface area contributed by atoms with Gasteiger partial charge < -0.3 is 30.8 Å². The lowest BCUT2D eigenvalue weighted by molar-refractivity contribution is 0.397. The molecule has 0 aliphatic heterocycles. The maximum absolute atomic E-state index is 12.4. The van der Waals surface area contributed by atoms with Crippen molar-refractivity contribution >= 4 is 86.6 Å². The molecular formula is C31H28N8O13S3. The van der Waals surface area contributed by atoms with Gasteiger partial charge in [-0.3, -0.25) is 13.7 Å². The van der Waals surface area contributed by atoms with Gasteiger partial charge in [0, 0.05) is 17.5 Å². The number of nitrogens with two attached hydrogens (primary N) is 2. The Morgan fingerprint density at radius 3 is 1.56 bits per heavy atom. The molecule has 21 nitrogen and oxygen atoms in total. The number of fused-ring (bicyclic) bond motifs is 1. The molecule has 0 bridgehead atoms. The van der Waals surface area contributed by atoms with Crippen LogP contribution in [0.5, 0.6) is 23.0 Å². The predicted octanol–water partition coefficient (Wildman–Crippen LogP) is 6.72. The van der Waals surface area contributed by atoms with Crippen molar-refractivity contribution in [2.24, 2.45) is 30.7 Å². The second-order valence-electron chi connectivity index (χ2n) is 11.0. The van der Waals surface area contributed by atoms with Gasteiger partial charge in [-0.2, -0.15) is 35.5 Å². The topological polar surface area (TPSA) is 337 Å². The molecule has 0 spiro atoms. The highest BCUT2D eigenvalue weighted by Crippen LogP contribution is 2.45. The van der Waals surface area contributed by atoms with Crippen molar-refractivity contribution in [3.05, 3.63) is 66.7 Å². The van der Waals surface area contributed by atoms with Gasteiger partial charge >= 0.3 is 0 Å². The lowest BCUT2D eigenvalue weighted by Gasteiger charge is -2.11. The Hall–Kier alpha value is -6.31. The van der Waals surface area contributed by atoms with Crippen LogP contribution in [-0.4, -0.2) is 65.3 Å². The fourth-order valence-electron chi connectivity index (χ4n) is 4.88. The third kappa shape index (κ3) is 8.75. The van der Waals surface area contributed by atoms with Crippen molar-refractivity contribution in [2.75, 3.05) is 32.8 Å². The fraction of sp³-hybridized carbons (Fsp3) is 0.0968. The third-order valence-electron chi connectivity index (χ3n) is 7.46. The first kappa shape index (κ1) is 39.9. The zero-order valence-electron chi connectivity index (χ0n) is 28.4. The van der Waals surface area contributed by atoms with Crippen LogP contribution in [0, 0.1) is 0 Å². The van der Waals surface area contributed by atoms with E-state index in [4.69, 9.17) is 25.7 Å². The Bertz CT molecular complexity index is 2790. The number of hydrogen-bond donors (Lipinski definition) is 6. The van der Waals surface area contributed by atoms with Crippen LogP contribution in [0.15, 0.2) is 112 Å². The van der Waals surface area contributed by atoms with E-state index in [1.165, 1.54) is 63.8 Å². The van der Waals surface area contributed by atoms with E-state index >= 15 is 0 Å². The molecule has 8 N–H and O–H groups in total. The van der Waals surface area contributed by atoms with E-state index in [2.05, 4.69) is 30.7 Å². The van der Waals surface area contributed by atoms with Gasteiger partial charge in [0.2, 0.25) is 0 Å². The molecule has 0 atom stereocenters. The van der Waals surface area contributed by atoms with Crippen molar-refractivity contribution in [1.82, 2.24) is 0 Å². The van der Waals surface area contributed by atoms with Crippen LogP contribution >= 0.6 is 0 Å². The SMILES string of the molecule is COc1cc(N=Nc2c(S(=O)(=O)O)cc3ccc(N=Nc4cc(S(=O)(=O)O)c(N)cc4N)cc3c2O)c(OC)cc1N=Nc1ccc(OC)c(S(=O)(=O)O)c1. The summed E-state index contributed by atoms with van der Waals surface area (Å²) in [6, 6.07) is 13.2. The summed E-state index contributed by atoms with van der Waals surface area (Å²) in [5.74, 6) is -0.871. The highest BCUT2D eigenvalue weighted by molar-refractivity contribution is 7.86. The van der Waals surface area contributed by atoms with E-state index in [1.54, 1.807) is 0 Å². The number of methoxy groups -OCH3 is 3. The van der Waals surface area contributed by atoms with E-state index in [0.717, 1.165) is 24.3 Å². The number of rotatable bonds is 12. The number of aromatic hydroxyl groups is 1. The molecule has 55 heavy (non-hydrogen) atoms. The molecule has 0 aromatic heterocycles. The molecule has 0 amide bonds. The summed E-state index contributed by atoms with van der Waals surface area (Å²) in [5.41, 5.74) is 10.3. The van der Waals surface area contributed by atoms with Crippen LogP contribution in [0.3, 0.4) is 0 Å². The lowest BCUT2D eigenvalue weighted by atomic mass is 10.1. The number of ether oxygens (including phenoxy) is 3. The smallest absolute Gasteiger partial charge is 0.298 e. The van der Waals surface area contributed by atoms with Crippen LogP contribution < -0.4 is 25.7 Å². The van der Waals surface area contributed by atoms with Crippen molar-refractivity contribution < 1.29 is 58.2 Å². The first-order valence-corrected chi connectivity index (χ1v) is 19.2. The molecule has 0 saturated carbocycles. The average Bonchev–Trinajstić information content (AvgIpc) is 3.11. The Balaban J connectivity index is 1.55. The molecular weight excluding hydrogens is 789 g/mol. The zero-order chi connectivity index (χ0) is 40.5. The molecule has 0 radical (unpaired) electrons. The van der Waals surface area contributed by atoms with Gasteiger partial charge in [-0.15, -0.1) is 20.5 Å². The predicted molar refractivity (Wildman–Crippen MR) is 195 cm³/mol.